The van der Waals surface area contributed by atoms with Gasteiger partial charge in [0.25, 0.3) is 0 Å². The lowest BCUT2D eigenvalue weighted by Gasteiger charge is -2.23. The van der Waals surface area contributed by atoms with Crippen molar-refractivity contribution in [3.05, 3.63) is 99.7 Å². The molecule has 31 heavy (non-hydrogen) atoms. The van der Waals surface area contributed by atoms with Crippen LogP contribution in [-0.2, 0) is 5.41 Å². The fraction of sp³-hybridized carbons (Fsp3) is 0.154. The van der Waals surface area contributed by atoms with Crippen LogP contribution in [0.2, 0.25) is 0 Å². The third-order valence-corrected chi connectivity index (χ3v) is 5.95. The van der Waals surface area contributed by atoms with E-state index in [0.717, 1.165) is 26.5 Å². The molecule has 0 saturated heterocycles. The Morgan fingerprint density at radius 2 is 1.06 bits per heavy atom. The van der Waals surface area contributed by atoms with Gasteiger partial charge < -0.3 is 0 Å². The molecule has 156 valence electrons. The predicted octanol–water partition coefficient (Wildman–Crippen LogP) is 8.44. The van der Waals surface area contributed by atoms with Crippen LogP contribution in [0.15, 0.2) is 94.1 Å². The van der Waals surface area contributed by atoms with Crippen LogP contribution in [0, 0.1) is 0 Å². The molecule has 0 amide bonds. The summed E-state index contributed by atoms with van der Waals surface area (Å²) in [6.45, 7) is 6.70. The van der Waals surface area contributed by atoms with Gasteiger partial charge in [0.05, 0.1) is 0 Å². The first kappa shape index (κ1) is 21.7. The summed E-state index contributed by atoms with van der Waals surface area (Å²) in [7, 11) is 0. The summed E-state index contributed by atoms with van der Waals surface area (Å²) >= 11 is 6.97. The molecule has 0 unspecified atom stereocenters. The normalized spacial score (nSPS) is 11.4. The minimum atomic E-state index is 0.150. The lowest BCUT2D eigenvalue weighted by Crippen LogP contribution is -2.13. The smallest absolute Gasteiger partial charge is 0.140 e. The van der Waals surface area contributed by atoms with Crippen molar-refractivity contribution in [2.45, 2.75) is 26.2 Å². The van der Waals surface area contributed by atoms with Crippen LogP contribution < -0.4 is 4.90 Å². The highest BCUT2D eigenvalue weighted by Gasteiger charge is 2.16. The zero-order valence-electron chi connectivity index (χ0n) is 17.7. The molecule has 4 aromatic rings. The number of benzene rings is 2. The lowest BCUT2D eigenvalue weighted by molar-refractivity contribution is 0.590. The van der Waals surface area contributed by atoms with Crippen LogP contribution in [0.4, 0.5) is 17.3 Å². The molecular formula is C26H23Br2N3. The second kappa shape index (κ2) is 8.93. The third-order valence-electron chi connectivity index (χ3n) is 5.07. The van der Waals surface area contributed by atoms with Crippen molar-refractivity contribution in [3.8, 4) is 11.1 Å². The summed E-state index contributed by atoms with van der Waals surface area (Å²) < 4.78 is 1.56. The first-order valence-corrected chi connectivity index (χ1v) is 11.7. The van der Waals surface area contributed by atoms with Crippen LogP contribution in [0.1, 0.15) is 26.3 Å². The largest absolute Gasteiger partial charge is 0.279 e. The number of hydrogen-bond acceptors (Lipinski definition) is 3. The van der Waals surface area contributed by atoms with Crippen molar-refractivity contribution in [1.29, 1.82) is 0 Å². The van der Waals surface area contributed by atoms with E-state index in [1.807, 2.05) is 41.3 Å². The molecule has 0 aliphatic carbocycles. The van der Waals surface area contributed by atoms with E-state index in [1.54, 1.807) is 0 Å². The van der Waals surface area contributed by atoms with Crippen molar-refractivity contribution in [1.82, 2.24) is 9.97 Å². The molecule has 0 atom stereocenters. The molecule has 0 aliphatic heterocycles. The van der Waals surface area contributed by atoms with Gasteiger partial charge in [0.2, 0.25) is 0 Å². The maximum atomic E-state index is 4.66. The number of aromatic nitrogens is 2. The number of pyridine rings is 2. The van der Waals surface area contributed by atoms with Crippen molar-refractivity contribution in [2.75, 3.05) is 4.90 Å². The van der Waals surface area contributed by atoms with Gasteiger partial charge in [0.15, 0.2) is 0 Å². The Labute approximate surface area is 200 Å². The fourth-order valence-electron chi connectivity index (χ4n) is 3.39. The van der Waals surface area contributed by atoms with Crippen molar-refractivity contribution in [2.24, 2.45) is 0 Å². The number of hydrogen-bond donors (Lipinski definition) is 0. The second-order valence-corrected chi connectivity index (χ2v) is 9.97. The van der Waals surface area contributed by atoms with Crippen LogP contribution in [0.25, 0.3) is 11.1 Å². The molecule has 0 fully saturated rings. The maximum absolute atomic E-state index is 4.66. The summed E-state index contributed by atoms with van der Waals surface area (Å²) in [5.74, 6) is 1.59. The molecule has 0 saturated carbocycles. The van der Waals surface area contributed by atoms with E-state index in [-0.39, 0.29) is 5.41 Å². The van der Waals surface area contributed by atoms with Gasteiger partial charge in [-0.25, -0.2) is 9.97 Å². The molecule has 2 heterocycles. The molecule has 0 bridgehead atoms. The molecule has 0 aliphatic rings. The van der Waals surface area contributed by atoms with E-state index in [9.17, 15) is 0 Å². The Morgan fingerprint density at radius 1 is 0.613 bits per heavy atom. The Hall–Kier alpha value is -2.50. The number of nitrogens with zero attached hydrogens (tertiary/aromatic N) is 3. The van der Waals surface area contributed by atoms with E-state index < -0.39 is 0 Å². The Morgan fingerprint density at radius 3 is 1.48 bits per heavy atom. The minimum absolute atomic E-state index is 0.150. The average molecular weight is 537 g/mol. The van der Waals surface area contributed by atoms with Gasteiger partial charge in [-0.15, -0.1) is 0 Å². The summed E-state index contributed by atoms with van der Waals surface area (Å²) in [6.07, 6.45) is 0. The zero-order chi connectivity index (χ0) is 22.0. The van der Waals surface area contributed by atoms with Crippen molar-refractivity contribution >= 4 is 49.2 Å². The van der Waals surface area contributed by atoms with Gasteiger partial charge in [0, 0.05) is 5.69 Å². The standard InChI is InChI=1S/C26H23Br2N3/c1-26(2,3)20-14-10-18(11-15-20)19-12-16-21(17-13-19)31(24-8-4-6-22(27)29-24)25-9-5-7-23(28)30-25/h4-17H,1-3H3. The zero-order valence-corrected chi connectivity index (χ0v) is 20.9. The van der Waals surface area contributed by atoms with Gasteiger partial charge in [-0.3, -0.25) is 4.90 Å². The van der Waals surface area contributed by atoms with Crippen LogP contribution in [-0.4, -0.2) is 9.97 Å². The Bertz CT molecular complexity index is 1130. The maximum Gasteiger partial charge on any atom is 0.140 e. The quantitative estimate of drug-likeness (QED) is 0.245. The van der Waals surface area contributed by atoms with Gasteiger partial charge in [0.1, 0.15) is 20.8 Å². The molecule has 0 radical (unpaired) electrons. The Kier molecular flexibility index (Phi) is 6.26. The first-order chi connectivity index (χ1) is 14.8. The number of rotatable bonds is 4. The van der Waals surface area contributed by atoms with Gasteiger partial charge >= 0.3 is 0 Å². The molecule has 2 aromatic carbocycles. The fourth-order valence-corrected chi connectivity index (χ4v) is 4.06. The van der Waals surface area contributed by atoms with Gasteiger partial charge in [-0.2, -0.15) is 0 Å². The Balaban J connectivity index is 1.71. The summed E-state index contributed by atoms with van der Waals surface area (Å²) in [5, 5.41) is 0. The number of halogens is 2. The summed E-state index contributed by atoms with van der Waals surface area (Å²) in [5.41, 5.74) is 4.85. The van der Waals surface area contributed by atoms with E-state index in [2.05, 4.69) is 111 Å². The second-order valence-electron chi connectivity index (χ2n) is 8.35. The SMILES string of the molecule is CC(C)(C)c1ccc(-c2ccc(N(c3cccc(Br)n3)c3cccc(Br)n3)cc2)cc1. The lowest BCUT2D eigenvalue weighted by atomic mass is 9.86. The van der Waals surface area contributed by atoms with E-state index in [4.69, 9.17) is 0 Å². The molecule has 2 aromatic heterocycles. The van der Waals surface area contributed by atoms with Crippen LogP contribution in [0.3, 0.4) is 0 Å². The summed E-state index contributed by atoms with van der Waals surface area (Å²) in [6, 6.07) is 29.1. The highest BCUT2D eigenvalue weighted by molar-refractivity contribution is 9.10. The molecule has 0 spiro atoms. The monoisotopic (exact) mass is 535 g/mol. The van der Waals surface area contributed by atoms with E-state index in [0.29, 0.717) is 0 Å². The molecule has 0 N–H and O–H groups in total. The third kappa shape index (κ3) is 5.05. The first-order valence-electron chi connectivity index (χ1n) is 10.1. The highest BCUT2D eigenvalue weighted by Crippen LogP contribution is 2.35. The molecular weight excluding hydrogens is 514 g/mol. The van der Waals surface area contributed by atoms with Crippen molar-refractivity contribution in [3.63, 3.8) is 0 Å². The van der Waals surface area contributed by atoms with E-state index in [1.165, 1.54) is 16.7 Å². The van der Waals surface area contributed by atoms with Crippen LogP contribution >= 0.6 is 31.9 Å². The van der Waals surface area contributed by atoms with Gasteiger partial charge in [-0.05, 0) is 90.4 Å². The summed E-state index contributed by atoms with van der Waals surface area (Å²) in [4.78, 5) is 11.4. The topological polar surface area (TPSA) is 29.0 Å². The van der Waals surface area contributed by atoms with Crippen LogP contribution in [0.5, 0.6) is 0 Å². The van der Waals surface area contributed by atoms with E-state index >= 15 is 0 Å². The average Bonchev–Trinajstić information content (AvgIpc) is 2.74. The van der Waals surface area contributed by atoms with Gasteiger partial charge in [-0.1, -0.05) is 69.3 Å². The van der Waals surface area contributed by atoms with Crippen molar-refractivity contribution < 1.29 is 0 Å². The molecule has 4 rings (SSSR count). The minimum Gasteiger partial charge on any atom is -0.279 e. The predicted molar refractivity (Wildman–Crippen MR) is 136 cm³/mol. The number of anilines is 3. The molecule has 5 heteroatoms. The molecule has 3 nitrogen and oxygen atoms in total. The highest BCUT2D eigenvalue weighted by atomic mass is 79.9.